The lowest BCUT2D eigenvalue weighted by molar-refractivity contribution is -0.154. The molecule has 0 aliphatic carbocycles. The number of H-pyrrole nitrogens is 1. The SMILES string of the molecule is Cc1ccc(CNC(=O)[C@H](C)OC(=O)CCCc2nc3ccccc3c(=O)[nH]2)cc1. The molecule has 1 aromatic heterocycles. The topological polar surface area (TPSA) is 101 Å². The summed E-state index contributed by atoms with van der Waals surface area (Å²) in [5.41, 5.74) is 2.55. The van der Waals surface area contributed by atoms with E-state index in [1.54, 1.807) is 25.1 Å². The van der Waals surface area contributed by atoms with Crippen molar-refractivity contribution < 1.29 is 14.3 Å². The summed E-state index contributed by atoms with van der Waals surface area (Å²) in [5, 5.41) is 3.30. The monoisotopic (exact) mass is 407 g/mol. The van der Waals surface area contributed by atoms with Crippen LogP contribution in [0.1, 0.15) is 36.7 Å². The molecule has 0 unspecified atom stereocenters. The van der Waals surface area contributed by atoms with Crippen LogP contribution in [0.4, 0.5) is 0 Å². The summed E-state index contributed by atoms with van der Waals surface area (Å²) in [7, 11) is 0. The van der Waals surface area contributed by atoms with Gasteiger partial charge in [-0.15, -0.1) is 0 Å². The van der Waals surface area contributed by atoms with Gasteiger partial charge in [-0.05, 0) is 38.0 Å². The number of hydrogen-bond donors (Lipinski definition) is 2. The number of nitrogens with one attached hydrogen (secondary N) is 2. The highest BCUT2D eigenvalue weighted by molar-refractivity contribution is 5.83. The van der Waals surface area contributed by atoms with Gasteiger partial charge in [-0.1, -0.05) is 42.0 Å². The van der Waals surface area contributed by atoms with Crippen molar-refractivity contribution in [1.82, 2.24) is 15.3 Å². The molecule has 0 saturated carbocycles. The van der Waals surface area contributed by atoms with Crippen molar-refractivity contribution in [3.63, 3.8) is 0 Å². The van der Waals surface area contributed by atoms with E-state index < -0.39 is 12.1 Å². The number of hydrogen-bond acceptors (Lipinski definition) is 5. The molecule has 0 bridgehead atoms. The highest BCUT2D eigenvalue weighted by Crippen LogP contribution is 2.08. The first-order chi connectivity index (χ1) is 14.4. The van der Waals surface area contributed by atoms with E-state index in [1.807, 2.05) is 37.3 Å². The molecule has 1 atom stereocenters. The first-order valence-corrected chi connectivity index (χ1v) is 9.93. The number of aromatic amines is 1. The molecule has 30 heavy (non-hydrogen) atoms. The molecule has 0 saturated heterocycles. The number of aromatic nitrogens is 2. The molecule has 1 amide bonds. The highest BCUT2D eigenvalue weighted by atomic mass is 16.5. The Hall–Kier alpha value is -3.48. The minimum atomic E-state index is -0.874. The lowest BCUT2D eigenvalue weighted by atomic mass is 10.1. The van der Waals surface area contributed by atoms with Gasteiger partial charge in [0.1, 0.15) is 5.82 Å². The van der Waals surface area contributed by atoms with Gasteiger partial charge in [0.15, 0.2) is 6.10 Å². The molecule has 156 valence electrons. The maximum Gasteiger partial charge on any atom is 0.306 e. The summed E-state index contributed by atoms with van der Waals surface area (Å²) in [6, 6.07) is 14.9. The standard InChI is InChI=1S/C23H25N3O4/c1-15-10-12-17(13-11-15)14-24-22(28)16(2)30-21(27)9-5-8-20-25-19-7-4-3-6-18(19)23(29)26-20/h3-4,6-7,10-13,16H,5,8-9,14H2,1-2H3,(H,24,28)(H,25,26,29)/t16-/m0/s1. The normalized spacial score (nSPS) is 11.8. The minimum absolute atomic E-state index is 0.131. The van der Waals surface area contributed by atoms with Crippen LogP contribution in [0.15, 0.2) is 53.3 Å². The maximum atomic E-state index is 12.1. The van der Waals surface area contributed by atoms with Gasteiger partial charge in [-0.3, -0.25) is 14.4 Å². The Bertz CT molecular complexity index is 1090. The number of para-hydroxylation sites is 1. The van der Waals surface area contributed by atoms with Gasteiger partial charge in [0.2, 0.25) is 0 Å². The molecule has 1 heterocycles. The van der Waals surface area contributed by atoms with Crippen LogP contribution in [0.5, 0.6) is 0 Å². The molecule has 2 aromatic carbocycles. The molecule has 0 radical (unpaired) electrons. The highest BCUT2D eigenvalue weighted by Gasteiger charge is 2.17. The number of nitrogens with zero attached hydrogens (tertiary/aromatic N) is 1. The van der Waals surface area contributed by atoms with Gasteiger partial charge < -0.3 is 15.0 Å². The third-order valence-electron chi connectivity index (χ3n) is 4.72. The number of amides is 1. The van der Waals surface area contributed by atoms with Crippen molar-refractivity contribution in [1.29, 1.82) is 0 Å². The second-order valence-corrected chi connectivity index (χ2v) is 7.22. The molecule has 0 aliphatic heterocycles. The van der Waals surface area contributed by atoms with Crippen LogP contribution in [0.3, 0.4) is 0 Å². The second-order valence-electron chi connectivity index (χ2n) is 7.22. The van der Waals surface area contributed by atoms with E-state index >= 15 is 0 Å². The molecule has 7 heteroatoms. The van der Waals surface area contributed by atoms with Crippen molar-refractivity contribution in [3.8, 4) is 0 Å². The third-order valence-corrected chi connectivity index (χ3v) is 4.72. The summed E-state index contributed by atoms with van der Waals surface area (Å²) in [5.74, 6) is -0.282. The number of rotatable bonds is 8. The first kappa shape index (κ1) is 21.2. The van der Waals surface area contributed by atoms with Crippen molar-refractivity contribution in [2.24, 2.45) is 0 Å². The Morgan fingerprint density at radius 1 is 1.13 bits per heavy atom. The fourth-order valence-corrected chi connectivity index (χ4v) is 3.00. The Labute approximate surface area is 174 Å². The molecule has 3 rings (SSSR count). The number of carbonyl (C=O) groups excluding carboxylic acids is 2. The van der Waals surface area contributed by atoms with E-state index in [4.69, 9.17) is 4.74 Å². The van der Waals surface area contributed by atoms with Crippen LogP contribution in [-0.2, 0) is 27.3 Å². The Morgan fingerprint density at radius 2 is 1.87 bits per heavy atom. The zero-order chi connectivity index (χ0) is 21.5. The fourth-order valence-electron chi connectivity index (χ4n) is 3.00. The van der Waals surface area contributed by atoms with Gasteiger partial charge in [0.05, 0.1) is 10.9 Å². The number of esters is 1. The van der Waals surface area contributed by atoms with Crippen LogP contribution < -0.4 is 10.9 Å². The molecular formula is C23H25N3O4. The summed E-state index contributed by atoms with van der Waals surface area (Å²) < 4.78 is 5.21. The smallest absolute Gasteiger partial charge is 0.306 e. The summed E-state index contributed by atoms with van der Waals surface area (Å²) in [4.78, 5) is 43.4. The number of benzene rings is 2. The van der Waals surface area contributed by atoms with E-state index in [2.05, 4.69) is 15.3 Å². The van der Waals surface area contributed by atoms with Crippen LogP contribution in [0.25, 0.3) is 10.9 Å². The Kier molecular flexibility index (Phi) is 6.95. The van der Waals surface area contributed by atoms with Crippen LogP contribution in [-0.4, -0.2) is 27.9 Å². The van der Waals surface area contributed by atoms with Gasteiger partial charge in [-0.25, -0.2) is 4.98 Å². The van der Waals surface area contributed by atoms with Crippen LogP contribution in [0, 0.1) is 6.92 Å². The zero-order valence-corrected chi connectivity index (χ0v) is 17.1. The lowest BCUT2D eigenvalue weighted by Crippen LogP contribution is -2.35. The molecule has 2 N–H and O–H groups in total. The van der Waals surface area contributed by atoms with E-state index in [0.717, 1.165) is 11.1 Å². The van der Waals surface area contributed by atoms with E-state index in [0.29, 0.717) is 36.1 Å². The van der Waals surface area contributed by atoms with Crippen molar-refractivity contribution in [2.45, 2.75) is 45.8 Å². The largest absolute Gasteiger partial charge is 0.453 e. The predicted octanol–water partition coefficient (Wildman–Crippen LogP) is 2.80. The van der Waals surface area contributed by atoms with Crippen LogP contribution in [0.2, 0.25) is 0 Å². The fraction of sp³-hybridized carbons (Fsp3) is 0.304. The van der Waals surface area contributed by atoms with Crippen molar-refractivity contribution >= 4 is 22.8 Å². The van der Waals surface area contributed by atoms with Gasteiger partial charge >= 0.3 is 5.97 Å². The quantitative estimate of drug-likeness (QED) is 0.559. The van der Waals surface area contributed by atoms with Gasteiger partial charge in [0, 0.05) is 19.4 Å². The Morgan fingerprint density at radius 3 is 2.63 bits per heavy atom. The second kappa shape index (κ2) is 9.82. The molecule has 0 fully saturated rings. The Balaban J connectivity index is 1.43. The average molecular weight is 407 g/mol. The minimum Gasteiger partial charge on any atom is -0.453 e. The van der Waals surface area contributed by atoms with Gasteiger partial charge in [-0.2, -0.15) is 0 Å². The maximum absolute atomic E-state index is 12.1. The number of carbonyl (C=O) groups is 2. The van der Waals surface area contributed by atoms with Gasteiger partial charge in [0.25, 0.3) is 11.5 Å². The number of aryl methyl sites for hydroxylation is 2. The van der Waals surface area contributed by atoms with E-state index in [9.17, 15) is 14.4 Å². The molecule has 0 aliphatic rings. The predicted molar refractivity (Wildman–Crippen MR) is 114 cm³/mol. The average Bonchev–Trinajstić information content (AvgIpc) is 2.73. The summed E-state index contributed by atoms with van der Waals surface area (Å²) in [6.07, 6.45) is 0.147. The molecular weight excluding hydrogens is 382 g/mol. The van der Waals surface area contributed by atoms with Crippen LogP contribution >= 0.6 is 0 Å². The first-order valence-electron chi connectivity index (χ1n) is 9.93. The number of fused-ring (bicyclic) bond motifs is 1. The zero-order valence-electron chi connectivity index (χ0n) is 17.1. The summed E-state index contributed by atoms with van der Waals surface area (Å²) in [6.45, 7) is 3.92. The number of ether oxygens (including phenoxy) is 1. The van der Waals surface area contributed by atoms with E-state index in [1.165, 1.54) is 0 Å². The van der Waals surface area contributed by atoms with Crippen molar-refractivity contribution in [3.05, 3.63) is 75.8 Å². The van der Waals surface area contributed by atoms with E-state index in [-0.39, 0.29) is 17.9 Å². The summed E-state index contributed by atoms with van der Waals surface area (Å²) >= 11 is 0. The lowest BCUT2D eigenvalue weighted by Gasteiger charge is -2.13. The third kappa shape index (κ3) is 5.76. The molecule has 7 nitrogen and oxygen atoms in total. The van der Waals surface area contributed by atoms with Crippen molar-refractivity contribution in [2.75, 3.05) is 0 Å². The molecule has 0 spiro atoms. The molecule has 3 aromatic rings.